The van der Waals surface area contributed by atoms with Gasteiger partial charge in [-0.25, -0.2) is 9.37 Å². The third kappa shape index (κ3) is 5.93. The zero-order chi connectivity index (χ0) is 16.7. The fourth-order valence-electron chi connectivity index (χ4n) is 2.10. The fraction of sp³-hybridized carbons (Fsp3) is 0.400. The minimum atomic E-state index is -0.206. The highest BCUT2D eigenvalue weighted by Crippen LogP contribution is 2.16. The van der Waals surface area contributed by atoms with Gasteiger partial charge in [0.1, 0.15) is 18.0 Å². The van der Waals surface area contributed by atoms with E-state index in [0.29, 0.717) is 19.0 Å². The number of nitrogens with zero attached hydrogens (tertiary/aromatic N) is 4. The molecule has 2 rings (SSSR count). The topological polar surface area (TPSA) is 67.1 Å². The molecule has 0 amide bonds. The van der Waals surface area contributed by atoms with Gasteiger partial charge in [0, 0.05) is 26.4 Å². The largest absolute Gasteiger partial charge is 0.352 e. The second-order valence-electron chi connectivity index (χ2n) is 4.93. The summed E-state index contributed by atoms with van der Waals surface area (Å²) in [6, 6.07) is 4.88. The molecule has 0 atom stereocenters. The summed E-state index contributed by atoms with van der Waals surface area (Å²) in [5.41, 5.74) is 2.05. The second kappa shape index (κ2) is 10.5. The van der Waals surface area contributed by atoms with Crippen molar-refractivity contribution < 1.29 is 4.39 Å². The normalized spacial score (nSPS) is 11.1. The Morgan fingerprint density at radius 3 is 2.67 bits per heavy atom. The van der Waals surface area contributed by atoms with Gasteiger partial charge in [-0.2, -0.15) is 16.9 Å². The van der Waals surface area contributed by atoms with Gasteiger partial charge in [0.25, 0.3) is 0 Å². The smallest absolute Gasteiger partial charge is 0.191 e. The van der Waals surface area contributed by atoms with Crippen molar-refractivity contribution in [1.82, 2.24) is 25.4 Å². The lowest BCUT2D eigenvalue weighted by molar-refractivity contribution is 0.625. The number of rotatable bonds is 6. The number of aromatic nitrogens is 3. The van der Waals surface area contributed by atoms with Gasteiger partial charge in [0.05, 0.1) is 6.54 Å². The van der Waals surface area contributed by atoms with E-state index in [0.717, 1.165) is 22.7 Å². The highest BCUT2D eigenvalue weighted by atomic mass is 127. The Morgan fingerprint density at radius 2 is 2.04 bits per heavy atom. The molecule has 9 heteroatoms. The van der Waals surface area contributed by atoms with Crippen molar-refractivity contribution in [3.05, 3.63) is 47.3 Å². The summed E-state index contributed by atoms with van der Waals surface area (Å²) in [4.78, 5) is 8.33. The first-order valence-corrected chi connectivity index (χ1v) is 8.57. The van der Waals surface area contributed by atoms with Crippen LogP contribution >= 0.6 is 35.7 Å². The molecule has 1 heterocycles. The maximum atomic E-state index is 13.4. The molecule has 0 radical (unpaired) electrons. The van der Waals surface area contributed by atoms with Gasteiger partial charge in [-0.3, -0.25) is 9.67 Å². The molecule has 1 aromatic carbocycles. The van der Waals surface area contributed by atoms with E-state index in [-0.39, 0.29) is 29.8 Å². The lowest BCUT2D eigenvalue weighted by Gasteiger charge is -2.14. The highest BCUT2D eigenvalue weighted by molar-refractivity contribution is 14.0. The van der Waals surface area contributed by atoms with Gasteiger partial charge in [-0.05, 0) is 29.5 Å². The van der Waals surface area contributed by atoms with Crippen LogP contribution in [0, 0.1) is 5.82 Å². The molecule has 6 nitrogen and oxygen atoms in total. The van der Waals surface area contributed by atoms with Crippen LogP contribution < -0.4 is 10.6 Å². The van der Waals surface area contributed by atoms with Gasteiger partial charge >= 0.3 is 0 Å². The summed E-state index contributed by atoms with van der Waals surface area (Å²) in [7, 11) is 3.55. The van der Waals surface area contributed by atoms with Crippen molar-refractivity contribution in [1.29, 1.82) is 0 Å². The summed E-state index contributed by atoms with van der Waals surface area (Å²) >= 11 is 1.67. The van der Waals surface area contributed by atoms with Crippen LogP contribution in [0.15, 0.2) is 29.5 Å². The number of guanidine groups is 1. The molecule has 0 unspecified atom stereocenters. The molecule has 0 saturated carbocycles. The van der Waals surface area contributed by atoms with Crippen LogP contribution in [0.4, 0.5) is 4.39 Å². The van der Waals surface area contributed by atoms with Gasteiger partial charge in [0.2, 0.25) is 0 Å². The maximum Gasteiger partial charge on any atom is 0.191 e. The van der Waals surface area contributed by atoms with Crippen molar-refractivity contribution in [3.63, 3.8) is 0 Å². The molecule has 0 bridgehead atoms. The lowest BCUT2D eigenvalue weighted by Crippen LogP contribution is -2.37. The van der Waals surface area contributed by atoms with Crippen molar-refractivity contribution in [3.8, 4) is 0 Å². The van der Waals surface area contributed by atoms with Crippen molar-refractivity contribution in [2.45, 2.75) is 18.8 Å². The number of hydrogen-bond acceptors (Lipinski definition) is 4. The summed E-state index contributed by atoms with van der Waals surface area (Å²) in [5.74, 6) is 2.05. The Morgan fingerprint density at radius 1 is 1.29 bits per heavy atom. The summed E-state index contributed by atoms with van der Waals surface area (Å²) in [6.45, 7) is 1.10. The van der Waals surface area contributed by atoms with Gasteiger partial charge < -0.3 is 10.6 Å². The zero-order valence-corrected chi connectivity index (χ0v) is 17.1. The minimum Gasteiger partial charge on any atom is -0.352 e. The number of benzene rings is 1. The molecule has 1 aromatic heterocycles. The van der Waals surface area contributed by atoms with E-state index < -0.39 is 0 Å². The number of aryl methyl sites for hydroxylation is 1. The molecule has 0 spiro atoms. The molecule has 24 heavy (non-hydrogen) atoms. The van der Waals surface area contributed by atoms with E-state index in [1.54, 1.807) is 29.6 Å². The first-order valence-electron chi connectivity index (χ1n) is 7.17. The van der Waals surface area contributed by atoms with Gasteiger partial charge in [-0.15, -0.1) is 24.0 Å². The standard InChI is InChI=1S/C15H21FN6S.HI/c1-17-15(19-8-14-20-10-21-22(14)2)18-7-11-4-5-13(16)6-12(11)9-23-3;/h4-6,10H,7-9H2,1-3H3,(H2,17,18,19);1H. The second-order valence-corrected chi connectivity index (χ2v) is 5.79. The minimum absolute atomic E-state index is 0. The van der Waals surface area contributed by atoms with Crippen molar-refractivity contribution in [2.24, 2.45) is 12.0 Å². The summed E-state index contributed by atoms with van der Waals surface area (Å²) < 4.78 is 15.1. The van der Waals surface area contributed by atoms with Crippen LogP contribution in [-0.2, 0) is 25.9 Å². The quantitative estimate of drug-likeness (QED) is 0.390. The molecular formula is C15H22FIN6S. The van der Waals surface area contributed by atoms with Crippen LogP contribution in [0.5, 0.6) is 0 Å². The molecular weight excluding hydrogens is 442 g/mol. The van der Waals surface area contributed by atoms with E-state index in [9.17, 15) is 4.39 Å². The maximum absolute atomic E-state index is 13.4. The van der Waals surface area contributed by atoms with Gasteiger partial charge in [-0.1, -0.05) is 6.07 Å². The Hall–Kier alpha value is -1.36. The monoisotopic (exact) mass is 464 g/mol. The van der Waals surface area contributed by atoms with Crippen LogP contribution in [0.2, 0.25) is 0 Å². The Balaban J connectivity index is 0.00000288. The van der Waals surface area contributed by atoms with Crippen LogP contribution in [0.1, 0.15) is 17.0 Å². The van der Waals surface area contributed by atoms with E-state index in [2.05, 4.69) is 25.7 Å². The Kier molecular flexibility index (Phi) is 9.04. The Labute approximate surface area is 162 Å². The predicted molar refractivity (Wildman–Crippen MR) is 107 cm³/mol. The molecule has 132 valence electrons. The third-order valence-electron chi connectivity index (χ3n) is 3.36. The molecule has 0 aliphatic heterocycles. The molecule has 0 fully saturated rings. The summed E-state index contributed by atoms with van der Waals surface area (Å²) in [6.07, 6.45) is 3.52. The molecule has 0 aliphatic rings. The van der Waals surface area contributed by atoms with Crippen LogP contribution in [0.25, 0.3) is 0 Å². The van der Waals surface area contributed by atoms with E-state index in [1.807, 2.05) is 19.4 Å². The average molecular weight is 464 g/mol. The SMILES string of the molecule is CN=C(NCc1ccc(F)cc1CSC)NCc1ncnn1C.I. The predicted octanol–water partition coefficient (Wildman–Crippen LogP) is 2.30. The van der Waals surface area contributed by atoms with Gasteiger partial charge in [0.15, 0.2) is 5.96 Å². The summed E-state index contributed by atoms with van der Waals surface area (Å²) in [5, 5.41) is 10.4. The number of thioether (sulfide) groups is 1. The molecule has 2 aromatic rings. The van der Waals surface area contributed by atoms with E-state index in [1.165, 1.54) is 12.4 Å². The fourth-order valence-corrected chi connectivity index (χ4v) is 2.68. The highest BCUT2D eigenvalue weighted by Gasteiger charge is 2.06. The Bertz CT molecular complexity index is 676. The van der Waals surface area contributed by atoms with Crippen LogP contribution in [0.3, 0.4) is 0 Å². The van der Waals surface area contributed by atoms with Crippen LogP contribution in [-0.4, -0.2) is 34.0 Å². The number of aliphatic imine (C=N–C) groups is 1. The third-order valence-corrected chi connectivity index (χ3v) is 3.96. The van der Waals surface area contributed by atoms with Crippen molar-refractivity contribution >= 4 is 41.7 Å². The molecule has 0 saturated heterocycles. The first-order chi connectivity index (χ1) is 11.1. The van der Waals surface area contributed by atoms with E-state index >= 15 is 0 Å². The average Bonchev–Trinajstić information content (AvgIpc) is 2.95. The zero-order valence-electron chi connectivity index (χ0n) is 13.9. The first kappa shape index (κ1) is 20.7. The lowest BCUT2D eigenvalue weighted by atomic mass is 10.1. The number of nitrogens with one attached hydrogen (secondary N) is 2. The van der Waals surface area contributed by atoms with Crippen molar-refractivity contribution in [2.75, 3.05) is 13.3 Å². The van der Waals surface area contributed by atoms with E-state index in [4.69, 9.17) is 0 Å². The molecule has 0 aliphatic carbocycles. The number of halogens is 2. The molecule has 2 N–H and O–H groups in total. The number of hydrogen-bond donors (Lipinski definition) is 2.